The fourth-order valence-corrected chi connectivity index (χ4v) is 9.45. The first kappa shape index (κ1) is 42.8. The zero-order chi connectivity index (χ0) is 42.7. The molecule has 1 aromatic heterocycles. The molecule has 2 heterocycles. The number of benzene rings is 5. The van der Waals surface area contributed by atoms with Crippen molar-refractivity contribution in [3.63, 3.8) is 0 Å². The summed E-state index contributed by atoms with van der Waals surface area (Å²) in [5.74, 6) is -1.32. The highest BCUT2D eigenvalue weighted by molar-refractivity contribution is 8.00. The van der Waals surface area contributed by atoms with Gasteiger partial charge in [-0.3, -0.25) is 19.3 Å². The smallest absolute Gasteiger partial charge is 0.341 e. The summed E-state index contributed by atoms with van der Waals surface area (Å²) >= 11 is 2.75. The van der Waals surface area contributed by atoms with Gasteiger partial charge in [0.25, 0.3) is 11.8 Å². The van der Waals surface area contributed by atoms with Gasteiger partial charge in [-0.25, -0.2) is 4.79 Å². The van der Waals surface area contributed by atoms with Gasteiger partial charge in [0.15, 0.2) is 0 Å². The van der Waals surface area contributed by atoms with E-state index in [1.807, 2.05) is 91.0 Å². The van der Waals surface area contributed by atoms with E-state index in [-0.39, 0.29) is 18.2 Å². The van der Waals surface area contributed by atoms with Crippen molar-refractivity contribution >= 4 is 63.6 Å². The summed E-state index contributed by atoms with van der Waals surface area (Å²) < 4.78 is 5.53. The summed E-state index contributed by atoms with van der Waals surface area (Å²) in [6.07, 6.45) is 2.32. The van der Waals surface area contributed by atoms with Crippen LogP contribution in [-0.4, -0.2) is 41.7 Å². The molecule has 1 aliphatic heterocycles. The highest BCUT2D eigenvalue weighted by Crippen LogP contribution is 2.41. The average molecular weight is 849 g/mol. The standard InChI is InChI=1S/C50H48N4O5S2/c1-4-59-50(58)44-41-27-28-54(31-35-15-8-5-9-16-35)32-43(41)61-49(44)53-48(57)45(37-17-10-6-11-18-37)60-40-22-14-21-39(30-40)51-47(56)42(52-46(55)38-19-12-7-13-20-38)29-34-23-25-36(26-24-34)33(2)3/h5-26,29-30,33,45H,4,27-28,31-32H2,1-3H3,(H,51,56)(H,52,55)(H,53,57)/b42-29+. The van der Waals surface area contributed by atoms with Gasteiger partial charge < -0.3 is 20.7 Å². The summed E-state index contributed by atoms with van der Waals surface area (Å²) in [5, 5.41) is 8.68. The quantitative estimate of drug-likeness (QED) is 0.0535. The summed E-state index contributed by atoms with van der Waals surface area (Å²) in [6, 6.07) is 43.6. The van der Waals surface area contributed by atoms with Gasteiger partial charge in [-0.15, -0.1) is 23.1 Å². The average Bonchev–Trinajstić information content (AvgIpc) is 3.63. The van der Waals surface area contributed by atoms with Crippen molar-refractivity contribution in [3.8, 4) is 0 Å². The predicted molar refractivity (Wildman–Crippen MR) is 246 cm³/mol. The molecular formula is C50H48N4O5S2. The summed E-state index contributed by atoms with van der Waals surface area (Å²) in [7, 11) is 0. The lowest BCUT2D eigenvalue weighted by Gasteiger charge is -2.27. The molecule has 1 unspecified atom stereocenters. The molecule has 3 N–H and O–H groups in total. The number of esters is 1. The van der Waals surface area contributed by atoms with E-state index in [9.17, 15) is 19.2 Å². The maximum Gasteiger partial charge on any atom is 0.341 e. The van der Waals surface area contributed by atoms with E-state index in [0.29, 0.717) is 40.7 Å². The van der Waals surface area contributed by atoms with Crippen LogP contribution >= 0.6 is 23.1 Å². The Balaban J connectivity index is 1.12. The predicted octanol–water partition coefficient (Wildman–Crippen LogP) is 10.5. The van der Waals surface area contributed by atoms with Crippen LogP contribution in [0.5, 0.6) is 0 Å². The Morgan fingerprint density at radius 1 is 0.803 bits per heavy atom. The minimum absolute atomic E-state index is 0.0741. The van der Waals surface area contributed by atoms with E-state index in [2.05, 4.69) is 46.8 Å². The Kier molecular flexibility index (Phi) is 14.3. The zero-order valence-corrected chi connectivity index (χ0v) is 36.0. The zero-order valence-electron chi connectivity index (χ0n) is 34.4. The molecule has 310 valence electrons. The van der Waals surface area contributed by atoms with Crippen molar-refractivity contribution in [1.29, 1.82) is 0 Å². The van der Waals surface area contributed by atoms with Crippen LogP contribution in [0, 0.1) is 0 Å². The van der Waals surface area contributed by atoms with Crippen LogP contribution in [0.2, 0.25) is 0 Å². The topological polar surface area (TPSA) is 117 Å². The summed E-state index contributed by atoms with van der Waals surface area (Å²) in [5.41, 5.74) is 6.22. The number of nitrogens with one attached hydrogen (secondary N) is 3. The normalized spacial score (nSPS) is 13.2. The van der Waals surface area contributed by atoms with E-state index in [1.54, 1.807) is 49.4 Å². The van der Waals surface area contributed by atoms with Gasteiger partial charge in [0.2, 0.25) is 5.91 Å². The number of amides is 3. The lowest BCUT2D eigenvalue weighted by molar-refractivity contribution is -0.116. The maximum atomic E-state index is 14.5. The first-order valence-electron chi connectivity index (χ1n) is 20.3. The fraction of sp³-hybridized carbons (Fsp3) is 0.200. The Bertz CT molecular complexity index is 2500. The van der Waals surface area contributed by atoms with Crippen molar-refractivity contribution in [1.82, 2.24) is 10.2 Å². The highest BCUT2D eigenvalue weighted by Gasteiger charge is 2.32. The molecule has 61 heavy (non-hydrogen) atoms. The molecular weight excluding hydrogens is 801 g/mol. The van der Waals surface area contributed by atoms with Gasteiger partial charge in [-0.1, -0.05) is 123 Å². The number of fused-ring (bicyclic) bond motifs is 1. The first-order chi connectivity index (χ1) is 29.6. The van der Waals surface area contributed by atoms with E-state index in [4.69, 9.17) is 4.74 Å². The molecule has 0 fully saturated rings. The SMILES string of the molecule is CCOC(=O)c1c(NC(=O)C(Sc2cccc(NC(=O)/C(=C\c3ccc(C(C)C)cc3)NC(=O)c3ccccc3)c2)c2ccccc2)sc2c1CCN(Cc1ccccc1)C2. The van der Waals surface area contributed by atoms with Gasteiger partial charge >= 0.3 is 5.97 Å². The van der Waals surface area contributed by atoms with Crippen LogP contribution in [0.25, 0.3) is 6.08 Å². The fourth-order valence-electron chi connectivity index (χ4n) is 7.09. The third kappa shape index (κ3) is 11.1. The molecule has 9 nitrogen and oxygen atoms in total. The number of rotatable bonds is 15. The lowest BCUT2D eigenvalue weighted by atomic mass is 10.0. The first-order valence-corrected chi connectivity index (χ1v) is 22.0. The summed E-state index contributed by atoms with van der Waals surface area (Å²) in [4.78, 5) is 59.3. The maximum absolute atomic E-state index is 14.5. The number of anilines is 2. The molecule has 0 spiro atoms. The monoisotopic (exact) mass is 848 g/mol. The number of hydrogen-bond donors (Lipinski definition) is 3. The largest absolute Gasteiger partial charge is 0.462 e. The molecule has 3 amide bonds. The van der Waals surface area contributed by atoms with Gasteiger partial charge in [0.1, 0.15) is 15.9 Å². The molecule has 1 atom stereocenters. The molecule has 5 aromatic carbocycles. The second kappa shape index (κ2) is 20.3. The molecule has 0 aliphatic carbocycles. The van der Waals surface area contributed by atoms with E-state index in [1.165, 1.54) is 28.7 Å². The van der Waals surface area contributed by atoms with Gasteiger partial charge in [0.05, 0.1) is 12.2 Å². The molecule has 7 rings (SSSR count). The molecule has 0 saturated heterocycles. The second-order valence-electron chi connectivity index (χ2n) is 15.0. The Hall–Kier alpha value is -6.27. The van der Waals surface area contributed by atoms with E-state index in [0.717, 1.165) is 45.1 Å². The Morgan fingerprint density at radius 2 is 1.49 bits per heavy atom. The number of nitrogens with zero attached hydrogens (tertiary/aromatic N) is 1. The van der Waals surface area contributed by atoms with E-state index >= 15 is 0 Å². The van der Waals surface area contributed by atoms with Crippen LogP contribution < -0.4 is 16.0 Å². The molecule has 11 heteroatoms. The minimum Gasteiger partial charge on any atom is -0.462 e. The van der Waals surface area contributed by atoms with Crippen molar-refractivity contribution in [2.75, 3.05) is 23.8 Å². The van der Waals surface area contributed by atoms with Gasteiger partial charge in [-0.05, 0) is 83.5 Å². The molecule has 6 aromatic rings. The third-order valence-electron chi connectivity index (χ3n) is 10.2. The Morgan fingerprint density at radius 3 is 2.18 bits per heavy atom. The van der Waals surface area contributed by atoms with Crippen LogP contribution in [0.3, 0.4) is 0 Å². The number of thioether (sulfide) groups is 1. The van der Waals surface area contributed by atoms with Gasteiger partial charge in [0, 0.05) is 40.7 Å². The van der Waals surface area contributed by atoms with Crippen molar-refractivity contribution < 1.29 is 23.9 Å². The molecule has 0 bridgehead atoms. The number of hydrogen-bond acceptors (Lipinski definition) is 8. The number of ether oxygens (including phenoxy) is 1. The minimum atomic E-state index is -0.717. The lowest BCUT2D eigenvalue weighted by Crippen LogP contribution is -2.30. The number of thiophene rings is 1. The Labute approximate surface area is 365 Å². The van der Waals surface area contributed by atoms with Crippen LogP contribution in [0.4, 0.5) is 10.7 Å². The van der Waals surface area contributed by atoms with Gasteiger partial charge in [-0.2, -0.15) is 0 Å². The molecule has 0 radical (unpaired) electrons. The van der Waals surface area contributed by atoms with Crippen LogP contribution in [-0.2, 0) is 33.8 Å². The molecule has 1 aliphatic rings. The molecule has 0 saturated carbocycles. The summed E-state index contributed by atoms with van der Waals surface area (Å²) in [6.45, 7) is 8.44. The second-order valence-corrected chi connectivity index (χ2v) is 17.2. The van der Waals surface area contributed by atoms with Crippen molar-refractivity contribution in [2.45, 2.75) is 56.3 Å². The third-order valence-corrected chi connectivity index (χ3v) is 12.6. The number of carbonyl (C=O) groups is 4. The van der Waals surface area contributed by atoms with Crippen molar-refractivity contribution in [3.05, 3.63) is 189 Å². The highest BCUT2D eigenvalue weighted by atomic mass is 32.2. The van der Waals surface area contributed by atoms with Crippen LogP contribution in [0.15, 0.2) is 150 Å². The van der Waals surface area contributed by atoms with E-state index < -0.39 is 23.0 Å². The number of carbonyl (C=O) groups excluding carboxylic acids is 4. The van der Waals surface area contributed by atoms with Crippen molar-refractivity contribution in [2.24, 2.45) is 0 Å². The van der Waals surface area contributed by atoms with Crippen LogP contribution in [0.1, 0.15) is 85.3 Å².